The summed E-state index contributed by atoms with van der Waals surface area (Å²) in [7, 11) is 0. The van der Waals surface area contributed by atoms with Gasteiger partial charge in [0, 0.05) is 64.6 Å². The Morgan fingerprint density at radius 3 is 1.08 bits per heavy atom. The first kappa shape index (κ1) is 66.7. The summed E-state index contributed by atoms with van der Waals surface area (Å²) in [6.07, 6.45) is 27.7. The second kappa shape index (κ2) is 37.4. The first-order chi connectivity index (χ1) is 36.1. The summed E-state index contributed by atoms with van der Waals surface area (Å²) in [4.78, 5) is 33.8. The van der Waals surface area contributed by atoms with Crippen LogP contribution in [0.3, 0.4) is 0 Å². The lowest BCUT2D eigenvalue weighted by atomic mass is 9.82. The summed E-state index contributed by atoms with van der Waals surface area (Å²) in [6, 6.07) is 13.0. The normalized spacial score (nSPS) is 11.2. The van der Waals surface area contributed by atoms with Crippen LogP contribution in [0, 0.1) is 0 Å². The van der Waals surface area contributed by atoms with E-state index in [1.54, 1.807) is 5.56 Å². The summed E-state index contributed by atoms with van der Waals surface area (Å²) in [5, 5.41) is 0. The van der Waals surface area contributed by atoms with Gasteiger partial charge in [0.1, 0.15) is 17.5 Å². The largest absolute Gasteiger partial charge is 0.258 e. The lowest BCUT2D eigenvalue weighted by Gasteiger charge is -2.25. The van der Waals surface area contributed by atoms with E-state index in [0.29, 0.717) is 5.92 Å². The molecule has 7 heteroatoms. The van der Waals surface area contributed by atoms with Crippen LogP contribution in [0.25, 0.3) is 11.1 Å². The molecule has 4 heterocycles. The third-order valence-electron chi connectivity index (χ3n) is 13.3. The van der Waals surface area contributed by atoms with Crippen molar-refractivity contribution < 1.29 is 0 Å². The van der Waals surface area contributed by atoms with Gasteiger partial charge in [0.15, 0.2) is 0 Å². The lowest BCUT2D eigenvalue weighted by molar-refractivity contribution is 0.555. The fraction of sp³-hybridized carbons (Fsp3) is 0.662. The molecular weight excluding hydrogens is 915 g/mol. The van der Waals surface area contributed by atoms with E-state index in [4.69, 9.17) is 34.9 Å². The summed E-state index contributed by atoms with van der Waals surface area (Å²) >= 11 is 0. The number of aryl methyl sites for hydroxylation is 12. The zero-order valence-electron chi connectivity index (χ0n) is 51.8. The predicted octanol–water partition coefficient (Wildman–Crippen LogP) is 18.6. The Hall–Kier alpha value is -4.39. The molecule has 0 N–H and O–H groups in total. The molecule has 0 aliphatic heterocycles. The average molecular weight is 1030 g/mol. The Kier molecular flexibility index (Phi) is 33.3. The molecule has 1 aromatic carbocycles. The lowest BCUT2D eigenvalue weighted by Crippen LogP contribution is -2.21. The molecule has 0 aliphatic carbocycles. The van der Waals surface area contributed by atoms with Crippen LogP contribution in [0.2, 0.25) is 0 Å². The number of hydrogen-bond acceptors (Lipinski definition) is 7. The number of pyridine rings is 1. The summed E-state index contributed by atoms with van der Waals surface area (Å²) in [5.74, 6) is 3.71. The molecule has 0 bridgehead atoms. The molecule has 0 saturated heterocycles. The van der Waals surface area contributed by atoms with E-state index in [1.165, 1.54) is 112 Å². The van der Waals surface area contributed by atoms with E-state index in [1.807, 2.05) is 0 Å². The smallest absolute Gasteiger partial charge is 0.128 e. The van der Waals surface area contributed by atoms with Crippen molar-refractivity contribution in [3.8, 4) is 11.1 Å². The molecule has 0 amide bonds. The quantitative estimate of drug-likeness (QED) is 0.0517. The monoisotopic (exact) mass is 1030 g/mol. The highest BCUT2D eigenvalue weighted by molar-refractivity contribution is 5.68. The number of aromatic nitrogens is 7. The Balaban J connectivity index is 0.000000343. The molecule has 0 fully saturated rings. The first-order valence-electron chi connectivity index (χ1n) is 30.9. The third-order valence-corrected chi connectivity index (χ3v) is 13.3. The molecule has 5 aromatic rings. The van der Waals surface area contributed by atoms with Crippen molar-refractivity contribution in [2.75, 3.05) is 0 Å². The topological polar surface area (TPSA) is 90.2 Å². The summed E-state index contributed by atoms with van der Waals surface area (Å²) < 4.78 is 0. The molecule has 0 spiro atoms. The Morgan fingerprint density at radius 1 is 0.373 bits per heavy atom. The zero-order valence-corrected chi connectivity index (χ0v) is 51.8. The average Bonchev–Trinajstić information content (AvgIpc) is 3.36. The van der Waals surface area contributed by atoms with E-state index in [2.05, 4.69) is 161 Å². The SMILES string of the molecule is CCCc1cc(CCC)c(C(C)C)c(CCC)n1.CCCc1nc(CCC)c(-c2ccccc2)c(CCC)n1.CCCc1nc(CCC)c(C(C)(C)C)c(CCC)n1.CCCc1nc(CCC)c(CC)c(CCC)n1. The molecule has 4 aromatic heterocycles. The second-order valence-electron chi connectivity index (χ2n) is 22.1. The highest BCUT2D eigenvalue weighted by atomic mass is 14.9. The van der Waals surface area contributed by atoms with Gasteiger partial charge in [-0.05, 0) is 123 Å². The first-order valence-corrected chi connectivity index (χ1v) is 30.9. The molecule has 0 saturated carbocycles. The van der Waals surface area contributed by atoms with Gasteiger partial charge in [-0.1, -0.05) is 213 Å². The van der Waals surface area contributed by atoms with Crippen LogP contribution in [0.5, 0.6) is 0 Å². The Morgan fingerprint density at radius 2 is 0.720 bits per heavy atom. The third kappa shape index (κ3) is 22.2. The fourth-order valence-corrected chi connectivity index (χ4v) is 10.4. The van der Waals surface area contributed by atoms with Gasteiger partial charge >= 0.3 is 0 Å². The maximum atomic E-state index is 4.92. The minimum atomic E-state index is 0.139. The molecule has 0 unspecified atom stereocenters. The standard InChI is InChI=1S/C19H26N2.C17H30N2.C17H29N.C15H26N2/c1-4-10-16-19(15-13-8-7-9-14-15)17(11-5-2)21-18(20-16)12-6-3;1-7-10-13-16(17(4,5)6)14(11-8-2)19-15(18-13)12-9-3;1-6-9-14-12-15(10-7-2)18-16(11-8-3)17(14)13(4)5;1-5-9-13-12(8-4)14(10-6-2)17-15(16-13)11-7-3/h7-9,13-14H,4-6,10-12H2,1-3H3;7-12H2,1-6H3;12-13H,6-11H2,1-5H3;5-11H2,1-4H3. The van der Waals surface area contributed by atoms with E-state index in [9.17, 15) is 0 Å². The van der Waals surface area contributed by atoms with Crippen LogP contribution in [-0.2, 0) is 88.9 Å². The number of benzene rings is 1. The predicted molar refractivity (Wildman–Crippen MR) is 326 cm³/mol. The van der Waals surface area contributed by atoms with Crippen molar-refractivity contribution in [1.82, 2.24) is 34.9 Å². The summed E-state index contributed by atoms with van der Waals surface area (Å²) in [5.41, 5.74) is 18.9. The van der Waals surface area contributed by atoms with Crippen LogP contribution in [-0.4, -0.2) is 34.9 Å². The molecule has 5 rings (SSSR count). The van der Waals surface area contributed by atoms with E-state index >= 15 is 0 Å². The molecular formula is C68H111N7. The van der Waals surface area contributed by atoms with Crippen LogP contribution >= 0.6 is 0 Å². The molecule has 418 valence electrons. The summed E-state index contributed by atoms with van der Waals surface area (Å²) in [6.45, 7) is 40.3. The van der Waals surface area contributed by atoms with Gasteiger partial charge in [0.25, 0.3) is 0 Å². The number of hydrogen-bond donors (Lipinski definition) is 0. The van der Waals surface area contributed by atoms with Crippen molar-refractivity contribution >= 4 is 0 Å². The van der Waals surface area contributed by atoms with Crippen molar-refractivity contribution in [3.63, 3.8) is 0 Å². The van der Waals surface area contributed by atoms with Crippen LogP contribution in [0.15, 0.2) is 36.4 Å². The van der Waals surface area contributed by atoms with Gasteiger partial charge in [-0.2, -0.15) is 0 Å². The Bertz CT molecular complexity index is 2210. The molecule has 75 heavy (non-hydrogen) atoms. The molecule has 7 nitrogen and oxygen atoms in total. The molecule has 0 radical (unpaired) electrons. The molecule has 0 aliphatic rings. The van der Waals surface area contributed by atoms with E-state index in [0.717, 1.165) is 139 Å². The van der Waals surface area contributed by atoms with Gasteiger partial charge < -0.3 is 0 Å². The van der Waals surface area contributed by atoms with Gasteiger partial charge in [-0.15, -0.1) is 0 Å². The maximum Gasteiger partial charge on any atom is 0.128 e. The van der Waals surface area contributed by atoms with Crippen molar-refractivity contribution in [2.24, 2.45) is 0 Å². The fourth-order valence-electron chi connectivity index (χ4n) is 10.4. The second-order valence-corrected chi connectivity index (χ2v) is 22.1. The highest BCUT2D eigenvalue weighted by Gasteiger charge is 2.24. The Labute approximate surface area is 462 Å². The highest BCUT2D eigenvalue weighted by Crippen LogP contribution is 2.31. The number of rotatable bonds is 27. The van der Waals surface area contributed by atoms with Gasteiger partial charge in [0.05, 0.1) is 11.4 Å². The van der Waals surface area contributed by atoms with Crippen molar-refractivity contribution in [1.29, 1.82) is 0 Å². The zero-order chi connectivity index (χ0) is 55.8. The van der Waals surface area contributed by atoms with E-state index in [-0.39, 0.29) is 5.41 Å². The van der Waals surface area contributed by atoms with Gasteiger partial charge in [0.2, 0.25) is 0 Å². The van der Waals surface area contributed by atoms with Crippen LogP contribution in [0.4, 0.5) is 0 Å². The minimum Gasteiger partial charge on any atom is -0.258 e. The maximum absolute atomic E-state index is 4.92. The molecule has 0 atom stereocenters. The van der Waals surface area contributed by atoms with Crippen molar-refractivity contribution in [3.05, 3.63) is 122 Å². The van der Waals surface area contributed by atoms with Crippen LogP contribution in [0.1, 0.15) is 293 Å². The minimum absolute atomic E-state index is 0.139. The van der Waals surface area contributed by atoms with E-state index < -0.39 is 0 Å². The van der Waals surface area contributed by atoms with Crippen molar-refractivity contribution in [2.45, 2.75) is 296 Å². The number of nitrogens with zero attached hydrogens (tertiary/aromatic N) is 7. The van der Waals surface area contributed by atoms with Gasteiger partial charge in [-0.3, -0.25) is 4.98 Å². The van der Waals surface area contributed by atoms with Gasteiger partial charge in [-0.25, -0.2) is 29.9 Å². The van der Waals surface area contributed by atoms with Crippen LogP contribution < -0.4 is 0 Å².